The molecule has 1 N–H and O–H groups in total. The summed E-state index contributed by atoms with van der Waals surface area (Å²) in [7, 11) is -2.42. The molecule has 0 unspecified atom stereocenters. The largest absolute Gasteiger partial charge is 0.508 e. The van der Waals surface area contributed by atoms with Gasteiger partial charge in [-0.2, -0.15) is 5.26 Å². The Morgan fingerprint density at radius 2 is 1.70 bits per heavy atom. The number of sulfonamides is 1. The molecule has 0 aliphatic rings. The van der Waals surface area contributed by atoms with Crippen molar-refractivity contribution in [1.82, 2.24) is 0 Å². The van der Waals surface area contributed by atoms with Crippen LogP contribution in [-0.4, -0.2) is 20.6 Å². The third kappa shape index (κ3) is 2.44. The Morgan fingerprint density at radius 1 is 1.10 bits per heavy atom. The Hall–Kier alpha value is -2.52. The van der Waals surface area contributed by atoms with Crippen LogP contribution in [0.1, 0.15) is 5.56 Å². The predicted molar refractivity (Wildman–Crippen MR) is 74.9 cm³/mol. The van der Waals surface area contributed by atoms with Gasteiger partial charge in [-0.1, -0.05) is 12.1 Å². The van der Waals surface area contributed by atoms with Crippen LogP contribution in [0.2, 0.25) is 0 Å². The maximum absolute atomic E-state index is 12.5. The molecule has 2 aromatic rings. The van der Waals surface area contributed by atoms with Crippen LogP contribution >= 0.6 is 0 Å². The van der Waals surface area contributed by atoms with Crippen LogP contribution in [-0.2, 0) is 10.0 Å². The first-order chi connectivity index (χ1) is 9.46. The lowest BCUT2D eigenvalue weighted by molar-refractivity contribution is 0.475. The molecule has 0 heterocycles. The highest BCUT2D eigenvalue weighted by atomic mass is 32.2. The summed E-state index contributed by atoms with van der Waals surface area (Å²) < 4.78 is 26.1. The fraction of sp³-hybridized carbons (Fsp3) is 0.0714. The van der Waals surface area contributed by atoms with Crippen molar-refractivity contribution in [2.45, 2.75) is 4.90 Å². The van der Waals surface area contributed by atoms with Crippen molar-refractivity contribution in [1.29, 1.82) is 5.26 Å². The summed E-state index contributed by atoms with van der Waals surface area (Å²) in [4.78, 5) is -0.0434. The highest BCUT2D eigenvalue weighted by Gasteiger charge is 2.24. The van der Waals surface area contributed by atoms with Crippen LogP contribution in [0.25, 0.3) is 0 Å². The van der Waals surface area contributed by atoms with Crippen molar-refractivity contribution >= 4 is 15.7 Å². The Kier molecular flexibility index (Phi) is 3.63. The van der Waals surface area contributed by atoms with Gasteiger partial charge in [0, 0.05) is 7.05 Å². The average molecular weight is 288 g/mol. The second-order valence-electron chi connectivity index (χ2n) is 4.10. The Balaban J connectivity index is 2.50. The minimum Gasteiger partial charge on any atom is -0.508 e. The summed E-state index contributed by atoms with van der Waals surface area (Å²) in [6.07, 6.45) is 0. The lowest BCUT2D eigenvalue weighted by Gasteiger charge is -2.20. The molecule has 0 spiro atoms. The zero-order valence-corrected chi connectivity index (χ0v) is 11.5. The summed E-state index contributed by atoms with van der Waals surface area (Å²) in [6.45, 7) is 0. The molecule has 0 amide bonds. The van der Waals surface area contributed by atoms with Gasteiger partial charge in [-0.05, 0) is 36.4 Å². The van der Waals surface area contributed by atoms with Crippen molar-refractivity contribution in [2.75, 3.05) is 11.4 Å². The van der Waals surface area contributed by atoms with Crippen LogP contribution in [0, 0.1) is 11.3 Å². The number of anilines is 1. The minimum absolute atomic E-state index is 0.0434. The molecule has 102 valence electrons. The smallest absolute Gasteiger partial charge is 0.265 e. The van der Waals surface area contributed by atoms with Gasteiger partial charge in [0.25, 0.3) is 10.0 Å². The number of aromatic hydroxyl groups is 1. The number of hydrogen-bond donors (Lipinski definition) is 1. The summed E-state index contributed by atoms with van der Waals surface area (Å²) in [5.41, 5.74) is 0.494. The third-order valence-corrected chi connectivity index (χ3v) is 4.70. The molecule has 0 atom stereocenters. The molecule has 0 radical (unpaired) electrons. The zero-order chi connectivity index (χ0) is 14.8. The van der Waals surface area contributed by atoms with E-state index in [1.165, 1.54) is 43.4 Å². The molecule has 0 saturated heterocycles. The van der Waals surface area contributed by atoms with Gasteiger partial charge in [0.1, 0.15) is 16.7 Å². The van der Waals surface area contributed by atoms with E-state index in [2.05, 4.69) is 0 Å². The second-order valence-corrected chi connectivity index (χ2v) is 6.03. The number of nitrogens with zero attached hydrogens (tertiary/aromatic N) is 2. The molecular formula is C14H12N2O3S. The first kappa shape index (κ1) is 13.9. The second kappa shape index (κ2) is 5.23. The van der Waals surface area contributed by atoms with Crippen LogP contribution in [0.15, 0.2) is 53.4 Å². The predicted octanol–water partition coefficient (Wildman–Crippen LogP) is 2.09. The Bertz CT molecular complexity index is 762. The van der Waals surface area contributed by atoms with Crippen LogP contribution in [0.5, 0.6) is 5.75 Å². The van der Waals surface area contributed by atoms with Gasteiger partial charge < -0.3 is 5.11 Å². The van der Waals surface area contributed by atoms with E-state index in [0.717, 1.165) is 4.31 Å². The fourth-order valence-electron chi connectivity index (χ4n) is 1.73. The lowest BCUT2D eigenvalue weighted by atomic mass is 10.2. The van der Waals surface area contributed by atoms with Crippen molar-refractivity contribution in [3.8, 4) is 11.8 Å². The quantitative estimate of drug-likeness (QED) is 0.937. The summed E-state index contributed by atoms with van der Waals surface area (Å²) in [5.74, 6) is 0.0528. The molecule has 6 heteroatoms. The van der Waals surface area contributed by atoms with E-state index < -0.39 is 10.0 Å². The molecule has 0 aliphatic carbocycles. The molecule has 0 bridgehead atoms. The molecule has 0 aliphatic heterocycles. The molecular weight excluding hydrogens is 276 g/mol. The third-order valence-electron chi connectivity index (χ3n) is 2.86. The molecule has 0 saturated carbocycles. The molecule has 0 fully saturated rings. The number of rotatable bonds is 3. The standard InChI is InChI=1S/C14H12N2O3S/c1-16(12-6-8-13(17)9-7-12)20(18,19)14-5-3-2-4-11(14)10-15/h2-9,17H,1H3. The van der Waals surface area contributed by atoms with Gasteiger partial charge in [0.15, 0.2) is 0 Å². The average Bonchev–Trinajstić information content (AvgIpc) is 2.47. The molecule has 0 aromatic heterocycles. The topological polar surface area (TPSA) is 81.4 Å². The van der Waals surface area contributed by atoms with Gasteiger partial charge in [-0.15, -0.1) is 0 Å². The molecule has 2 rings (SSSR count). The SMILES string of the molecule is CN(c1ccc(O)cc1)S(=O)(=O)c1ccccc1C#N. The maximum atomic E-state index is 12.5. The van der Waals surface area contributed by atoms with Gasteiger partial charge in [0.2, 0.25) is 0 Å². The van der Waals surface area contributed by atoms with Crippen molar-refractivity contribution in [2.24, 2.45) is 0 Å². The van der Waals surface area contributed by atoms with Crippen LogP contribution < -0.4 is 4.31 Å². The molecule has 20 heavy (non-hydrogen) atoms. The first-order valence-electron chi connectivity index (χ1n) is 5.74. The summed E-state index contributed by atoms with van der Waals surface area (Å²) in [6, 6.07) is 13.7. The van der Waals surface area contributed by atoms with Crippen molar-refractivity contribution < 1.29 is 13.5 Å². The number of phenols is 1. The van der Waals surface area contributed by atoms with Crippen molar-refractivity contribution in [3.05, 3.63) is 54.1 Å². The maximum Gasteiger partial charge on any atom is 0.265 e. The van der Waals surface area contributed by atoms with Gasteiger partial charge in [-0.3, -0.25) is 4.31 Å². The van der Waals surface area contributed by atoms with E-state index in [4.69, 9.17) is 5.26 Å². The van der Waals surface area contributed by atoms with Crippen LogP contribution in [0.4, 0.5) is 5.69 Å². The zero-order valence-electron chi connectivity index (χ0n) is 10.7. The van der Waals surface area contributed by atoms with E-state index in [-0.39, 0.29) is 16.2 Å². The van der Waals surface area contributed by atoms with E-state index in [1.54, 1.807) is 12.1 Å². The Labute approximate surface area is 117 Å². The van der Waals surface area contributed by atoms with E-state index >= 15 is 0 Å². The molecule has 5 nitrogen and oxygen atoms in total. The van der Waals surface area contributed by atoms with Gasteiger partial charge in [0.05, 0.1) is 11.3 Å². The fourth-order valence-corrected chi connectivity index (χ4v) is 3.07. The first-order valence-corrected chi connectivity index (χ1v) is 7.18. The Morgan fingerprint density at radius 3 is 2.30 bits per heavy atom. The number of phenolic OH excluding ortho intramolecular Hbond substituents is 1. The normalized spacial score (nSPS) is 10.8. The van der Waals surface area contributed by atoms with Crippen LogP contribution in [0.3, 0.4) is 0 Å². The van der Waals surface area contributed by atoms with Gasteiger partial charge >= 0.3 is 0 Å². The van der Waals surface area contributed by atoms with Crippen molar-refractivity contribution in [3.63, 3.8) is 0 Å². The number of benzene rings is 2. The highest BCUT2D eigenvalue weighted by Crippen LogP contribution is 2.25. The monoisotopic (exact) mass is 288 g/mol. The molecule has 2 aromatic carbocycles. The summed E-state index contributed by atoms with van der Waals surface area (Å²) in [5, 5.41) is 18.2. The van der Waals surface area contributed by atoms with E-state index in [9.17, 15) is 13.5 Å². The van der Waals surface area contributed by atoms with Gasteiger partial charge in [-0.25, -0.2) is 8.42 Å². The minimum atomic E-state index is -3.82. The lowest BCUT2D eigenvalue weighted by Crippen LogP contribution is -2.27. The van der Waals surface area contributed by atoms with E-state index in [1.807, 2.05) is 6.07 Å². The highest BCUT2D eigenvalue weighted by molar-refractivity contribution is 7.92. The number of nitriles is 1. The van der Waals surface area contributed by atoms with E-state index in [0.29, 0.717) is 5.69 Å². The number of hydrogen-bond acceptors (Lipinski definition) is 4. The summed E-state index contributed by atoms with van der Waals surface area (Å²) >= 11 is 0.